The summed E-state index contributed by atoms with van der Waals surface area (Å²) in [5.74, 6) is -3.28. The third-order valence-electron chi connectivity index (χ3n) is 2.69. The number of nitrogens with one attached hydrogen (secondary N) is 1. The fourth-order valence-corrected chi connectivity index (χ4v) is 1.91. The molecule has 0 aliphatic rings. The summed E-state index contributed by atoms with van der Waals surface area (Å²) in [5, 5.41) is 2.60. The Morgan fingerprint density at radius 1 is 1.04 bits per heavy atom. The highest BCUT2D eigenvalue weighted by Gasteiger charge is 2.13. The van der Waals surface area contributed by atoms with Crippen molar-refractivity contribution in [2.24, 2.45) is 0 Å². The summed E-state index contributed by atoms with van der Waals surface area (Å²) in [7, 11) is 0. The van der Waals surface area contributed by atoms with E-state index < -0.39 is 30.1 Å². The maximum absolute atomic E-state index is 13.4. The average Bonchev–Trinajstić information content (AvgIpc) is 2.50. The quantitative estimate of drug-likeness (QED) is 0.837. The van der Waals surface area contributed by atoms with Gasteiger partial charge < -0.3 is 10.1 Å². The Hall–Kier alpha value is -2.18. The van der Waals surface area contributed by atoms with Crippen LogP contribution in [0.25, 0.3) is 0 Å². The van der Waals surface area contributed by atoms with Crippen LogP contribution in [-0.2, 0) is 9.53 Å². The lowest BCUT2D eigenvalue weighted by atomic mass is 10.2. The molecule has 0 bridgehead atoms. The highest BCUT2D eigenvalue weighted by molar-refractivity contribution is 6.42. The first-order valence-electron chi connectivity index (χ1n) is 6.24. The molecule has 0 aliphatic carbocycles. The first-order chi connectivity index (χ1) is 10.9. The first kappa shape index (κ1) is 17.2. The fourth-order valence-electron chi connectivity index (χ4n) is 1.61. The molecule has 2 rings (SSSR count). The fraction of sp³-hybridized carbons (Fsp3) is 0.0667. The average molecular weight is 360 g/mol. The summed E-state index contributed by atoms with van der Waals surface area (Å²) < 4.78 is 30.9. The van der Waals surface area contributed by atoms with Crippen LogP contribution in [0.2, 0.25) is 10.0 Å². The van der Waals surface area contributed by atoms with Crippen molar-refractivity contribution < 1.29 is 23.1 Å². The van der Waals surface area contributed by atoms with Crippen LogP contribution in [0.4, 0.5) is 14.5 Å². The van der Waals surface area contributed by atoms with E-state index in [4.69, 9.17) is 27.9 Å². The molecule has 0 fully saturated rings. The Kier molecular flexibility index (Phi) is 5.52. The Balaban J connectivity index is 1.93. The number of ether oxygens (including phenoxy) is 1. The minimum absolute atomic E-state index is 0.111. The SMILES string of the molecule is O=C(COC(=O)c1ccc(Cl)c(Cl)c1)Nc1ccc(F)cc1F. The van der Waals surface area contributed by atoms with Gasteiger partial charge in [0.25, 0.3) is 5.91 Å². The molecule has 2 aromatic rings. The Morgan fingerprint density at radius 2 is 1.78 bits per heavy atom. The predicted octanol–water partition coefficient (Wildman–Crippen LogP) is 4.07. The molecule has 2 aromatic carbocycles. The van der Waals surface area contributed by atoms with Crippen LogP contribution in [0, 0.1) is 11.6 Å². The monoisotopic (exact) mass is 359 g/mol. The number of carbonyl (C=O) groups is 2. The summed E-state index contributed by atoms with van der Waals surface area (Å²) in [5.41, 5.74) is -0.109. The topological polar surface area (TPSA) is 55.4 Å². The third kappa shape index (κ3) is 4.64. The molecule has 0 atom stereocenters. The molecular formula is C15H9Cl2F2NO3. The van der Waals surface area contributed by atoms with Gasteiger partial charge in [0.1, 0.15) is 11.6 Å². The Labute approximate surface area is 140 Å². The summed E-state index contributed by atoms with van der Waals surface area (Å²) in [6, 6.07) is 6.76. The van der Waals surface area contributed by atoms with E-state index in [9.17, 15) is 18.4 Å². The summed E-state index contributed by atoms with van der Waals surface area (Å²) >= 11 is 11.5. The van der Waals surface area contributed by atoms with Crippen LogP contribution >= 0.6 is 23.2 Å². The van der Waals surface area contributed by atoms with Crippen molar-refractivity contribution in [3.8, 4) is 0 Å². The molecule has 0 saturated heterocycles. The zero-order valence-electron chi connectivity index (χ0n) is 11.4. The normalized spacial score (nSPS) is 10.3. The van der Waals surface area contributed by atoms with Crippen molar-refractivity contribution in [1.82, 2.24) is 0 Å². The molecule has 1 N–H and O–H groups in total. The van der Waals surface area contributed by atoms with Crippen LogP contribution in [0.15, 0.2) is 36.4 Å². The van der Waals surface area contributed by atoms with Gasteiger partial charge in [0.05, 0.1) is 21.3 Å². The zero-order chi connectivity index (χ0) is 17.0. The van der Waals surface area contributed by atoms with E-state index >= 15 is 0 Å². The molecule has 8 heteroatoms. The number of esters is 1. The maximum atomic E-state index is 13.4. The molecule has 0 aliphatic heterocycles. The van der Waals surface area contributed by atoms with Gasteiger partial charge >= 0.3 is 5.97 Å². The minimum Gasteiger partial charge on any atom is -0.452 e. The van der Waals surface area contributed by atoms with Crippen LogP contribution in [0.5, 0.6) is 0 Å². The van der Waals surface area contributed by atoms with Crippen molar-refractivity contribution >= 4 is 40.8 Å². The number of benzene rings is 2. The minimum atomic E-state index is -0.936. The molecule has 0 saturated carbocycles. The second-order valence-corrected chi connectivity index (χ2v) is 5.19. The first-order valence-corrected chi connectivity index (χ1v) is 6.99. The smallest absolute Gasteiger partial charge is 0.338 e. The van der Waals surface area contributed by atoms with E-state index in [-0.39, 0.29) is 21.3 Å². The van der Waals surface area contributed by atoms with Gasteiger partial charge in [-0.2, -0.15) is 0 Å². The standard InChI is InChI=1S/C15H9Cl2F2NO3/c16-10-3-1-8(5-11(10)17)15(22)23-7-14(21)20-13-4-2-9(18)6-12(13)19/h1-6H,7H2,(H,20,21). The van der Waals surface area contributed by atoms with E-state index in [2.05, 4.69) is 5.32 Å². The molecule has 0 radical (unpaired) electrons. The van der Waals surface area contributed by atoms with E-state index in [1.165, 1.54) is 18.2 Å². The molecule has 23 heavy (non-hydrogen) atoms. The molecule has 0 unspecified atom stereocenters. The van der Waals surface area contributed by atoms with Gasteiger partial charge in [0.2, 0.25) is 0 Å². The van der Waals surface area contributed by atoms with Crippen LogP contribution < -0.4 is 5.32 Å². The van der Waals surface area contributed by atoms with E-state index in [0.717, 1.165) is 12.1 Å². The van der Waals surface area contributed by atoms with Crippen LogP contribution in [0.3, 0.4) is 0 Å². The molecule has 4 nitrogen and oxygen atoms in total. The number of hydrogen-bond acceptors (Lipinski definition) is 3. The molecular weight excluding hydrogens is 351 g/mol. The summed E-state index contributed by atoms with van der Waals surface area (Å²) in [6.07, 6.45) is 0. The van der Waals surface area contributed by atoms with Gasteiger partial charge in [-0.05, 0) is 30.3 Å². The van der Waals surface area contributed by atoms with Crippen molar-refractivity contribution in [3.63, 3.8) is 0 Å². The highest BCUT2D eigenvalue weighted by atomic mass is 35.5. The number of halogens is 4. The van der Waals surface area contributed by atoms with Gasteiger partial charge in [0, 0.05) is 6.07 Å². The molecule has 1 amide bonds. The summed E-state index contributed by atoms with van der Waals surface area (Å²) in [6.45, 7) is -0.643. The lowest BCUT2D eigenvalue weighted by Gasteiger charge is -2.08. The van der Waals surface area contributed by atoms with Gasteiger partial charge in [-0.3, -0.25) is 4.79 Å². The van der Waals surface area contributed by atoms with Gasteiger partial charge in [-0.25, -0.2) is 13.6 Å². The summed E-state index contributed by atoms with van der Waals surface area (Å²) in [4.78, 5) is 23.4. The number of rotatable bonds is 4. The maximum Gasteiger partial charge on any atom is 0.338 e. The molecule has 0 aromatic heterocycles. The van der Waals surface area contributed by atoms with Crippen molar-refractivity contribution in [2.75, 3.05) is 11.9 Å². The number of carbonyl (C=O) groups excluding carboxylic acids is 2. The second kappa shape index (κ2) is 7.39. The van der Waals surface area contributed by atoms with Crippen LogP contribution in [-0.4, -0.2) is 18.5 Å². The number of amides is 1. The van der Waals surface area contributed by atoms with E-state index in [0.29, 0.717) is 6.07 Å². The van der Waals surface area contributed by atoms with Gasteiger partial charge in [-0.15, -0.1) is 0 Å². The van der Waals surface area contributed by atoms with Crippen molar-refractivity contribution in [1.29, 1.82) is 0 Å². The third-order valence-corrected chi connectivity index (χ3v) is 3.43. The van der Waals surface area contributed by atoms with Gasteiger partial charge in [-0.1, -0.05) is 23.2 Å². The zero-order valence-corrected chi connectivity index (χ0v) is 12.9. The Bertz CT molecular complexity index is 768. The second-order valence-electron chi connectivity index (χ2n) is 4.38. The van der Waals surface area contributed by atoms with Crippen LogP contribution in [0.1, 0.15) is 10.4 Å². The van der Waals surface area contributed by atoms with E-state index in [1.807, 2.05) is 0 Å². The van der Waals surface area contributed by atoms with E-state index in [1.54, 1.807) is 0 Å². The molecule has 0 heterocycles. The Morgan fingerprint density at radius 3 is 2.43 bits per heavy atom. The molecule has 120 valence electrons. The highest BCUT2D eigenvalue weighted by Crippen LogP contribution is 2.23. The number of hydrogen-bond donors (Lipinski definition) is 1. The van der Waals surface area contributed by atoms with Crippen molar-refractivity contribution in [3.05, 3.63) is 63.6 Å². The lowest BCUT2D eigenvalue weighted by Crippen LogP contribution is -2.21. The lowest BCUT2D eigenvalue weighted by molar-refractivity contribution is -0.119. The van der Waals surface area contributed by atoms with Gasteiger partial charge in [0.15, 0.2) is 6.61 Å². The van der Waals surface area contributed by atoms with Crippen molar-refractivity contribution in [2.45, 2.75) is 0 Å². The molecule has 0 spiro atoms. The number of anilines is 1. The largest absolute Gasteiger partial charge is 0.452 e. The predicted molar refractivity (Wildman–Crippen MR) is 81.7 cm³/mol.